The maximum absolute atomic E-state index is 3.91. The van der Waals surface area contributed by atoms with Crippen molar-refractivity contribution in [1.29, 1.82) is 0 Å². The van der Waals surface area contributed by atoms with Gasteiger partial charge in [0.25, 0.3) is 0 Å². The highest BCUT2D eigenvalue weighted by atomic mass is 31.1. The van der Waals surface area contributed by atoms with E-state index in [-0.39, 0.29) is 0 Å². The monoisotopic (exact) mass is 158 g/mol. The van der Waals surface area contributed by atoms with E-state index < -0.39 is 0 Å². The Hall–Kier alpha value is 0.170. The Morgan fingerprint density at radius 3 is 2.30 bits per heavy atom. The SMILES string of the molecule is C=PC(C)C(CC)CCC. The van der Waals surface area contributed by atoms with Crippen molar-refractivity contribution in [2.45, 2.75) is 45.7 Å². The van der Waals surface area contributed by atoms with Gasteiger partial charge in [-0.25, -0.2) is 0 Å². The molecule has 0 saturated carbocycles. The highest BCUT2D eigenvalue weighted by molar-refractivity contribution is 7.37. The van der Waals surface area contributed by atoms with Gasteiger partial charge in [-0.15, -0.1) is 8.20 Å². The zero-order valence-electron chi connectivity index (χ0n) is 7.43. The molecule has 2 unspecified atom stereocenters. The first-order valence-electron chi connectivity index (χ1n) is 4.22. The first kappa shape index (κ1) is 10.2. The summed E-state index contributed by atoms with van der Waals surface area (Å²) >= 11 is 0. The van der Waals surface area contributed by atoms with Crippen molar-refractivity contribution < 1.29 is 0 Å². The van der Waals surface area contributed by atoms with Crippen molar-refractivity contribution in [3.8, 4) is 0 Å². The predicted octanol–water partition coefficient (Wildman–Crippen LogP) is 3.58. The summed E-state index contributed by atoms with van der Waals surface area (Å²) in [4.78, 5) is 0. The Morgan fingerprint density at radius 2 is 2.00 bits per heavy atom. The van der Waals surface area contributed by atoms with E-state index in [0.29, 0.717) is 0 Å². The van der Waals surface area contributed by atoms with E-state index in [1.165, 1.54) is 27.5 Å². The van der Waals surface area contributed by atoms with Gasteiger partial charge in [0.05, 0.1) is 0 Å². The van der Waals surface area contributed by atoms with Gasteiger partial charge in [-0.05, 0) is 12.3 Å². The lowest BCUT2D eigenvalue weighted by Gasteiger charge is -2.17. The second-order valence-corrected chi connectivity index (χ2v) is 4.06. The molecule has 0 amide bonds. The number of rotatable bonds is 5. The quantitative estimate of drug-likeness (QED) is 0.536. The fourth-order valence-electron chi connectivity index (χ4n) is 1.31. The summed E-state index contributed by atoms with van der Waals surface area (Å²) in [7, 11) is 1.31. The predicted molar refractivity (Wildman–Crippen MR) is 52.2 cm³/mol. The summed E-state index contributed by atoms with van der Waals surface area (Å²) in [5.41, 5.74) is 0.796. The van der Waals surface area contributed by atoms with Crippen LogP contribution in [0.1, 0.15) is 40.0 Å². The summed E-state index contributed by atoms with van der Waals surface area (Å²) in [5.74, 6) is 0.907. The van der Waals surface area contributed by atoms with Crippen LogP contribution in [-0.2, 0) is 0 Å². The third-order valence-corrected chi connectivity index (χ3v) is 3.15. The Bertz CT molecular complexity index is 88.7. The lowest BCUT2D eigenvalue weighted by Crippen LogP contribution is -2.09. The van der Waals surface area contributed by atoms with Gasteiger partial charge in [0.2, 0.25) is 0 Å². The van der Waals surface area contributed by atoms with Crippen LogP contribution >= 0.6 is 8.20 Å². The van der Waals surface area contributed by atoms with E-state index in [1.54, 1.807) is 0 Å². The maximum Gasteiger partial charge on any atom is 0.000298 e. The smallest absolute Gasteiger partial charge is 0.000298 e. The van der Waals surface area contributed by atoms with Gasteiger partial charge >= 0.3 is 0 Å². The lowest BCUT2D eigenvalue weighted by molar-refractivity contribution is 0.461. The first-order chi connectivity index (χ1) is 4.76. The highest BCUT2D eigenvalue weighted by Gasteiger charge is 2.10. The van der Waals surface area contributed by atoms with Gasteiger partial charge < -0.3 is 0 Å². The van der Waals surface area contributed by atoms with Gasteiger partial charge in [0.15, 0.2) is 0 Å². The van der Waals surface area contributed by atoms with Gasteiger partial charge in [-0.2, -0.15) is 0 Å². The molecule has 0 aromatic carbocycles. The molecule has 1 heteroatoms. The van der Waals surface area contributed by atoms with Gasteiger partial charge in [0, 0.05) is 5.66 Å². The third kappa shape index (κ3) is 3.37. The molecule has 0 aliphatic rings. The molecule has 0 aromatic heterocycles. The van der Waals surface area contributed by atoms with Crippen LogP contribution in [0.15, 0.2) is 0 Å². The number of hydrogen-bond donors (Lipinski definition) is 0. The van der Waals surface area contributed by atoms with Crippen LogP contribution in [0.5, 0.6) is 0 Å². The van der Waals surface area contributed by atoms with E-state index in [4.69, 9.17) is 0 Å². The minimum Gasteiger partial charge on any atom is -0.109 e. The highest BCUT2D eigenvalue weighted by Crippen LogP contribution is 2.23. The van der Waals surface area contributed by atoms with Gasteiger partial charge in [-0.3, -0.25) is 0 Å². The normalized spacial score (nSPS) is 17.1. The molecule has 0 saturated heterocycles. The minimum atomic E-state index is 0.796. The molecule has 10 heavy (non-hydrogen) atoms. The second kappa shape index (κ2) is 5.92. The fraction of sp³-hybridized carbons (Fsp3) is 0.889. The minimum absolute atomic E-state index is 0.796. The maximum atomic E-state index is 3.91. The van der Waals surface area contributed by atoms with E-state index in [9.17, 15) is 0 Å². The summed E-state index contributed by atoms with van der Waals surface area (Å²) < 4.78 is 0. The van der Waals surface area contributed by atoms with Crippen molar-refractivity contribution >= 4 is 14.5 Å². The molecule has 60 valence electrons. The molecule has 2 atom stereocenters. The van der Waals surface area contributed by atoms with Crippen molar-refractivity contribution in [3.05, 3.63) is 0 Å². The topological polar surface area (TPSA) is 0 Å². The van der Waals surface area contributed by atoms with Crippen LogP contribution in [0.3, 0.4) is 0 Å². The Morgan fingerprint density at radius 1 is 1.40 bits per heavy atom. The van der Waals surface area contributed by atoms with E-state index in [0.717, 1.165) is 11.6 Å². The van der Waals surface area contributed by atoms with E-state index in [1.807, 2.05) is 0 Å². The standard InChI is InChI=1S/C9H19P/c1-5-7-9(6-2)8(3)10-4/h8-9H,4-7H2,1-3H3. The molecule has 0 aromatic rings. The first-order valence-corrected chi connectivity index (χ1v) is 5.36. The molecular weight excluding hydrogens is 139 g/mol. The van der Waals surface area contributed by atoms with Crippen molar-refractivity contribution in [2.75, 3.05) is 0 Å². The summed E-state index contributed by atoms with van der Waals surface area (Å²) in [6, 6.07) is 0. The van der Waals surface area contributed by atoms with Crippen molar-refractivity contribution in [3.63, 3.8) is 0 Å². The second-order valence-electron chi connectivity index (χ2n) is 2.88. The third-order valence-electron chi connectivity index (χ3n) is 2.15. The van der Waals surface area contributed by atoms with Crippen LogP contribution in [-0.4, -0.2) is 12.0 Å². The van der Waals surface area contributed by atoms with Gasteiger partial charge in [-0.1, -0.05) is 39.9 Å². The molecule has 0 bridgehead atoms. The summed E-state index contributed by atoms with van der Waals surface area (Å²) in [5, 5.41) is 0. The molecule has 0 rings (SSSR count). The Kier molecular flexibility index (Phi) is 6.02. The van der Waals surface area contributed by atoms with Gasteiger partial charge in [0.1, 0.15) is 0 Å². The van der Waals surface area contributed by atoms with Crippen molar-refractivity contribution in [2.24, 2.45) is 5.92 Å². The van der Waals surface area contributed by atoms with Crippen LogP contribution in [0.25, 0.3) is 0 Å². The zero-order valence-corrected chi connectivity index (χ0v) is 8.32. The Labute approximate surface area is 66.8 Å². The summed E-state index contributed by atoms with van der Waals surface area (Å²) in [6.45, 7) is 6.84. The molecule has 0 radical (unpaired) electrons. The Balaban J connectivity index is 3.67. The van der Waals surface area contributed by atoms with Crippen LogP contribution in [0.4, 0.5) is 0 Å². The molecule has 0 heterocycles. The molecular formula is C9H19P. The van der Waals surface area contributed by atoms with Crippen molar-refractivity contribution in [1.82, 2.24) is 0 Å². The number of hydrogen-bond acceptors (Lipinski definition) is 0. The lowest BCUT2D eigenvalue weighted by atomic mass is 9.98. The van der Waals surface area contributed by atoms with Crippen LogP contribution < -0.4 is 0 Å². The molecule has 0 aliphatic heterocycles. The largest absolute Gasteiger partial charge is 0.109 e. The molecule has 0 nitrogen and oxygen atoms in total. The molecule has 0 aliphatic carbocycles. The molecule has 0 N–H and O–H groups in total. The van der Waals surface area contributed by atoms with E-state index >= 15 is 0 Å². The van der Waals surface area contributed by atoms with Crippen LogP contribution in [0, 0.1) is 5.92 Å². The zero-order chi connectivity index (χ0) is 7.98. The van der Waals surface area contributed by atoms with Crippen LogP contribution in [0.2, 0.25) is 0 Å². The average molecular weight is 158 g/mol. The average Bonchev–Trinajstić information content (AvgIpc) is 1.99. The molecule has 0 fully saturated rings. The fourth-order valence-corrected chi connectivity index (χ4v) is 1.96. The van der Waals surface area contributed by atoms with E-state index in [2.05, 4.69) is 27.1 Å². The summed E-state index contributed by atoms with van der Waals surface area (Å²) in [6.07, 6.45) is 7.92. The molecule has 0 spiro atoms.